The van der Waals surface area contributed by atoms with Gasteiger partial charge in [-0.15, -0.1) is 14.5 Å². The van der Waals surface area contributed by atoms with Crippen LogP contribution in [0.15, 0.2) is 38.4 Å². The SMILES string of the molecule is C=S1(=C)c2c(cc(Cl)cc2C(C)=O)CCN1C(Cc1c(F)ccc(C)c1C)c1n[nH]c(=O)o1. The van der Waals surface area contributed by atoms with Crippen LogP contribution in [0.4, 0.5) is 4.39 Å². The summed E-state index contributed by atoms with van der Waals surface area (Å²) in [5.41, 5.74) is 3.68. The number of benzene rings is 2. The van der Waals surface area contributed by atoms with Crippen LogP contribution >= 0.6 is 21.0 Å². The molecule has 1 atom stereocenters. The Bertz CT molecular complexity index is 1430. The van der Waals surface area contributed by atoms with Gasteiger partial charge in [-0.25, -0.2) is 18.6 Å². The molecule has 1 N–H and O–H groups in total. The minimum atomic E-state index is -2.25. The lowest BCUT2D eigenvalue weighted by Crippen LogP contribution is -2.34. The normalized spacial score (nSPS) is 16.4. The molecule has 33 heavy (non-hydrogen) atoms. The Hall–Kier alpha value is -2.68. The minimum Gasteiger partial charge on any atom is -0.391 e. The summed E-state index contributed by atoms with van der Waals surface area (Å²) < 4.78 is 22.2. The van der Waals surface area contributed by atoms with E-state index in [0.29, 0.717) is 29.1 Å². The van der Waals surface area contributed by atoms with Crippen LogP contribution in [0.2, 0.25) is 5.02 Å². The number of ketones is 1. The highest BCUT2D eigenvalue weighted by molar-refractivity contribution is 8.26. The lowest BCUT2D eigenvalue weighted by Gasteiger charge is -2.41. The third-order valence-electron chi connectivity index (χ3n) is 6.24. The van der Waals surface area contributed by atoms with Gasteiger partial charge in [0.2, 0.25) is 5.89 Å². The summed E-state index contributed by atoms with van der Waals surface area (Å²) in [6.45, 7) is 5.76. The molecule has 1 aliphatic heterocycles. The average Bonchev–Trinajstić information content (AvgIpc) is 3.17. The van der Waals surface area contributed by atoms with Gasteiger partial charge in [0.05, 0.1) is 0 Å². The Morgan fingerprint density at radius 3 is 2.73 bits per heavy atom. The van der Waals surface area contributed by atoms with E-state index in [0.717, 1.165) is 21.6 Å². The Kier molecular flexibility index (Phi) is 6.11. The number of carbonyl (C=O) groups excluding carboxylic acids is 1. The molecule has 0 aliphatic carbocycles. The summed E-state index contributed by atoms with van der Waals surface area (Å²) in [4.78, 5) is 25.0. The Morgan fingerprint density at radius 1 is 1.36 bits per heavy atom. The monoisotopic (exact) mass is 489 g/mol. The Balaban J connectivity index is 1.89. The number of Topliss-reactive ketones (excluding diaryl/α,β-unsaturated/α-hetero) is 1. The van der Waals surface area contributed by atoms with Gasteiger partial charge in [-0.05, 0) is 67.6 Å². The molecule has 2 heterocycles. The molecule has 3 aromatic rings. The number of aromatic nitrogens is 2. The van der Waals surface area contributed by atoms with Gasteiger partial charge in [0.25, 0.3) is 0 Å². The second-order valence-corrected chi connectivity index (χ2v) is 11.4. The molecule has 1 aromatic heterocycles. The van der Waals surface area contributed by atoms with Crippen LogP contribution in [0, 0.1) is 19.7 Å². The van der Waals surface area contributed by atoms with Crippen LogP contribution in [0.3, 0.4) is 0 Å². The highest BCUT2D eigenvalue weighted by Gasteiger charge is 2.35. The molecule has 4 rings (SSSR count). The summed E-state index contributed by atoms with van der Waals surface area (Å²) in [5.74, 6) is 7.82. The van der Waals surface area contributed by atoms with Crippen molar-refractivity contribution in [3.8, 4) is 0 Å². The summed E-state index contributed by atoms with van der Waals surface area (Å²) >= 11 is 6.27. The molecular formula is C24H25ClFN3O3S. The van der Waals surface area contributed by atoms with Crippen molar-refractivity contribution >= 4 is 38.5 Å². The van der Waals surface area contributed by atoms with Crippen molar-refractivity contribution in [2.75, 3.05) is 6.54 Å². The summed E-state index contributed by atoms with van der Waals surface area (Å²) in [6.07, 6.45) is 0.779. The van der Waals surface area contributed by atoms with E-state index in [1.54, 1.807) is 12.1 Å². The van der Waals surface area contributed by atoms with Crippen LogP contribution in [-0.2, 0) is 12.8 Å². The van der Waals surface area contributed by atoms with E-state index < -0.39 is 21.2 Å². The number of fused-ring (bicyclic) bond motifs is 1. The molecule has 0 radical (unpaired) electrons. The number of nitrogens with zero attached hydrogens (tertiary/aromatic N) is 2. The van der Waals surface area contributed by atoms with Gasteiger partial charge in [-0.3, -0.25) is 4.79 Å². The second kappa shape index (κ2) is 8.59. The zero-order chi connectivity index (χ0) is 24.1. The summed E-state index contributed by atoms with van der Waals surface area (Å²) in [5, 5.41) is 6.85. The van der Waals surface area contributed by atoms with E-state index in [-0.39, 0.29) is 23.9 Å². The number of carbonyl (C=O) groups is 1. The number of rotatable bonds is 5. The fourth-order valence-electron chi connectivity index (χ4n) is 4.45. The molecule has 6 nitrogen and oxygen atoms in total. The van der Waals surface area contributed by atoms with E-state index in [1.165, 1.54) is 13.0 Å². The fourth-order valence-corrected chi connectivity index (χ4v) is 7.28. The van der Waals surface area contributed by atoms with Gasteiger partial charge in [-0.1, -0.05) is 29.4 Å². The fraction of sp³-hybridized carbons (Fsp3) is 0.292. The molecule has 1 aliphatic rings. The minimum absolute atomic E-state index is 0.131. The number of aryl methyl sites for hydroxylation is 1. The predicted molar refractivity (Wildman–Crippen MR) is 131 cm³/mol. The highest BCUT2D eigenvalue weighted by Crippen LogP contribution is 2.50. The lowest BCUT2D eigenvalue weighted by atomic mass is 9.96. The maximum Gasteiger partial charge on any atom is 0.434 e. The molecule has 0 saturated heterocycles. The number of H-pyrrole nitrogens is 1. The van der Waals surface area contributed by atoms with Crippen LogP contribution in [-0.4, -0.2) is 38.6 Å². The standard InChI is InChI=1S/C24H25ClFN3O3S/c1-13-6-7-20(26)18(14(13)2)12-21(23-27-28-24(31)32-23)29-9-8-16-10-17(25)11-19(15(3)30)22(16)33(29,4)5/h6-7,10-11,21H,4-5,8-9,12H2,1-3H3,(H,28,31). The Labute approximate surface area is 197 Å². The third kappa shape index (κ3) is 4.18. The smallest absolute Gasteiger partial charge is 0.391 e. The van der Waals surface area contributed by atoms with E-state index in [9.17, 15) is 14.0 Å². The number of hydrogen-bond donors (Lipinski definition) is 1. The van der Waals surface area contributed by atoms with Crippen LogP contribution in [0.5, 0.6) is 0 Å². The molecular weight excluding hydrogens is 465 g/mol. The van der Waals surface area contributed by atoms with Crippen molar-refractivity contribution in [3.05, 3.63) is 79.4 Å². The van der Waals surface area contributed by atoms with E-state index in [2.05, 4.69) is 21.9 Å². The van der Waals surface area contributed by atoms with E-state index >= 15 is 0 Å². The van der Waals surface area contributed by atoms with Crippen molar-refractivity contribution in [2.24, 2.45) is 0 Å². The van der Waals surface area contributed by atoms with Gasteiger partial charge >= 0.3 is 5.76 Å². The molecule has 2 aromatic carbocycles. The molecule has 0 bridgehead atoms. The zero-order valence-electron chi connectivity index (χ0n) is 18.7. The highest BCUT2D eigenvalue weighted by atomic mass is 35.5. The molecule has 0 fully saturated rings. The first-order chi connectivity index (χ1) is 15.5. The topological polar surface area (TPSA) is 79.2 Å². The largest absolute Gasteiger partial charge is 0.434 e. The van der Waals surface area contributed by atoms with E-state index in [1.807, 2.05) is 24.2 Å². The molecule has 174 valence electrons. The van der Waals surface area contributed by atoms with Crippen molar-refractivity contribution in [2.45, 2.75) is 44.6 Å². The average molecular weight is 490 g/mol. The number of nitrogens with one attached hydrogen (secondary N) is 1. The maximum atomic E-state index is 14.9. The van der Waals surface area contributed by atoms with Crippen molar-refractivity contribution in [3.63, 3.8) is 0 Å². The van der Waals surface area contributed by atoms with Crippen LogP contribution in [0.1, 0.15) is 51.5 Å². The second-order valence-electron chi connectivity index (χ2n) is 8.37. The van der Waals surface area contributed by atoms with Gasteiger partial charge in [0.15, 0.2) is 5.78 Å². The number of hydrogen-bond acceptors (Lipinski definition) is 5. The first-order valence-electron chi connectivity index (χ1n) is 10.4. The first-order valence-corrected chi connectivity index (χ1v) is 12.7. The molecule has 1 unspecified atom stereocenters. The molecule has 0 amide bonds. The first kappa shape index (κ1) is 23.5. The summed E-state index contributed by atoms with van der Waals surface area (Å²) in [7, 11) is -2.25. The van der Waals surface area contributed by atoms with E-state index in [4.69, 9.17) is 16.0 Å². The van der Waals surface area contributed by atoms with Crippen LogP contribution < -0.4 is 5.76 Å². The van der Waals surface area contributed by atoms with Gasteiger partial charge in [0, 0.05) is 28.4 Å². The zero-order valence-corrected chi connectivity index (χ0v) is 20.3. The van der Waals surface area contributed by atoms with Gasteiger partial charge < -0.3 is 4.42 Å². The summed E-state index contributed by atoms with van der Waals surface area (Å²) in [6, 6.07) is 6.03. The van der Waals surface area contributed by atoms with Crippen LogP contribution in [0.25, 0.3) is 0 Å². The molecule has 9 heteroatoms. The quantitative estimate of drug-likeness (QED) is 0.413. The van der Waals surface area contributed by atoms with Crippen molar-refractivity contribution in [1.82, 2.24) is 14.5 Å². The Morgan fingerprint density at radius 2 is 2.09 bits per heavy atom. The third-order valence-corrected chi connectivity index (χ3v) is 9.03. The number of aromatic amines is 1. The van der Waals surface area contributed by atoms with Crippen molar-refractivity contribution in [1.29, 1.82) is 0 Å². The molecule has 0 saturated carbocycles. The number of halogens is 2. The van der Waals surface area contributed by atoms with Gasteiger partial charge in [0.1, 0.15) is 11.9 Å². The van der Waals surface area contributed by atoms with Gasteiger partial charge in [-0.2, -0.15) is 0 Å². The molecule has 0 spiro atoms. The maximum absolute atomic E-state index is 14.9. The lowest BCUT2D eigenvalue weighted by molar-refractivity contribution is 0.101. The van der Waals surface area contributed by atoms with Crippen molar-refractivity contribution < 1.29 is 13.6 Å². The predicted octanol–water partition coefficient (Wildman–Crippen LogP) is 4.76.